The molecule has 1 saturated heterocycles. The molecule has 0 bridgehead atoms. The summed E-state index contributed by atoms with van der Waals surface area (Å²) in [6.07, 6.45) is 2.33. The van der Waals surface area contributed by atoms with E-state index in [4.69, 9.17) is 10.5 Å². The van der Waals surface area contributed by atoms with E-state index >= 15 is 0 Å². The summed E-state index contributed by atoms with van der Waals surface area (Å²) in [7, 11) is 0. The second-order valence-corrected chi connectivity index (χ2v) is 3.96. The third-order valence-electron chi connectivity index (χ3n) is 2.73. The molecule has 86 valence electrons. The fourth-order valence-electron chi connectivity index (χ4n) is 1.80. The first-order chi connectivity index (χ1) is 7.75. The Kier molecular flexibility index (Phi) is 3.41. The topological polar surface area (TPSA) is 64.4 Å². The number of ether oxygens (including phenoxy) is 1. The summed E-state index contributed by atoms with van der Waals surface area (Å²) in [6, 6.07) is 6.97. The Morgan fingerprint density at radius 1 is 1.25 bits per heavy atom. The van der Waals surface area contributed by atoms with Gasteiger partial charge in [0, 0.05) is 5.56 Å². The van der Waals surface area contributed by atoms with E-state index in [1.54, 1.807) is 24.3 Å². The summed E-state index contributed by atoms with van der Waals surface area (Å²) in [4.78, 5) is 10.9. The Morgan fingerprint density at radius 2 is 1.88 bits per heavy atom. The molecule has 4 nitrogen and oxygen atoms in total. The zero-order valence-electron chi connectivity index (χ0n) is 9.11. The number of carbonyl (C=O) groups is 1. The fourth-order valence-corrected chi connectivity index (χ4v) is 1.80. The Labute approximate surface area is 94.8 Å². The van der Waals surface area contributed by atoms with Gasteiger partial charge in [-0.1, -0.05) is 0 Å². The molecule has 2 rings (SSSR count). The number of rotatable bonds is 3. The van der Waals surface area contributed by atoms with Crippen LogP contribution in [-0.2, 0) is 0 Å². The lowest BCUT2D eigenvalue weighted by atomic mass is 10.1. The van der Waals surface area contributed by atoms with Gasteiger partial charge in [0.25, 0.3) is 0 Å². The first-order valence-electron chi connectivity index (χ1n) is 5.53. The first-order valence-corrected chi connectivity index (χ1v) is 5.53. The van der Waals surface area contributed by atoms with Gasteiger partial charge in [0.2, 0.25) is 5.91 Å². The summed E-state index contributed by atoms with van der Waals surface area (Å²) in [5.74, 6) is 0.394. The van der Waals surface area contributed by atoms with Crippen LogP contribution >= 0.6 is 0 Å². The van der Waals surface area contributed by atoms with Crippen molar-refractivity contribution in [2.45, 2.75) is 18.9 Å². The number of nitrogens with two attached hydrogens (primary N) is 1. The van der Waals surface area contributed by atoms with Crippen molar-refractivity contribution < 1.29 is 9.53 Å². The zero-order valence-corrected chi connectivity index (χ0v) is 9.11. The van der Waals surface area contributed by atoms with Crippen molar-refractivity contribution >= 4 is 5.91 Å². The Bertz CT molecular complexity index is 356. The number of benzene rings is 1. The van der Waals surface area contributed by atoms with Gasteiger partial charge in [-0.25, -0.2) is 0 Å². The van der Waals surface area contributed by atoms with Gasteiger partial charge in [0.05, 0.1) is 0 Å². The van der Waals surface area contributed by atoms with E-state index in [0.29, 0.717) is 5.56 Å². The van der Waals surface area contributed by atoms with E-state index in [2.05, 4.69) is 5.32 Å². The minimum atomic E-state index is -0.409. The molecule has 1 heterocycles. The highest BCUT2D eigenvalue weighted by Gasteiger charge is 2.14. The second kappa shape index (κ2) is 4.99. The van der Waals surface area contributed by atoms with Gasteiger partial charge in [-0.05, 0) is 50.2 Å². The average molecular weight is 220 g/mol. The molecule has 3 N–H and O–H groups in total. The first kappa shape index (κ1) is 11.0. The monoisotopic (exact) mass is 220 g/mol. The quantitative estimate of drug-likeness (QED) is 0.796. The van der Waals surface area contributed by atoms with E-state index in [1.807, 2.05) is 0 Å². The minimum absolute atomic E-state index is 0.278. The van der Waals surface area contributed by atoms with Crippen molar-refractivity contribution in [2.75, 3.05) is 13.1 Å². The zero-order chi connectivity index (χ0) is 11.4. The number of piperidine rings is 1. The van der Waals surface area contributed by atoms with E-state index in [0.717, 1.165) is 31.7 Å². The van der Waals surface area contributed by atoms with Crippen LogP contribution in [0.5, 0.6) is 5.75 Å². The molecule has 0 saturated carbocycles. The number of nitrogens with one attached hydrogen (secondary N) is 1. The summed E-state index contributed by atoms with van der Waals surface area (Å²) < 4.78 is 5.80. The number of hydrogen-bond acceptors (Lipinski definition) is 3. The van der Waals surface area contributed by atoms with Crippen LogP contribution in [0, 0.1) is 0 Å². The molecule has 16 heavy (non-hydrogen) atoms. The van der Waals surface area contributed by atoms with Crippen LogP contribution in [0.4, 0.5) is 0 Å². The van der Waals surface area contributed by atoms with Gasteiger partial charge in [-0.3, -0.25) is 4.79 Å². The van der Waals surface area contributed by atoms with Gasteiger partial charge in [0.15, 0.2) is 0 Å². The van der Waals surface area contributed by atoms with Crippen molar-refractivity contribution in [3.8, 4) is 5.75 Å². The molecule has 0 radical (unpaired) electrons. The lowest BCUT2D eigenvalue weighted by molar-refractivity contribution is 0.1000. The maximum absolute atomic E-state index is 10.9. The molecule has 1 amide bonds. The molecular weight excluding hydrogens is 204 g/mol. The second-order valence-electron chi connectivity index (χ2n) is 3.96. The molecule has 1 aromatic rings. The molecule has 0 aromatic heterocycles. The lowest BCUT2D eigenvalue weighted by Gasteiger charge is -2.23. The maximum atomic E-state index is 10.9. The van der Waals surface area contributed by atoms with Gasteiger partial charge in [-0.15, -0.1) is 0 Å². The Balaban J connectivity index is 1.96. The minimum Gasteiger partial charge on any atom is -0.490 e. The fraction of sp³-hybridized carbons (Fsp3) is 0.417. The number of primary amides is 1. The summed E-state index contributed by atoms with van der Waals surface area (Å²) in [5, 5.41) is 3.28. The Morgan fingerprint density at radius 3 is 2.44 bits per heavy atom. The van der Waals surface area contributed by atoms with Crippen LogP contribution in [0.3, 0.4) is 0 Å². The molecule has 1 aromatic carbocycles. The molecule has 0 atom stereocenters. The van der Waals surface area contributed by atoms with Crippen LogP contribution in [0.25, 0.3) is 0 Å². The third-order valence-corrected chi connectivity index (χ3v) is 2.73. The summed E-state index contributed by atoms with van der Waals surface area (Å²) in [5.41, 5.74) is 5.67. The molecule has 0 unspecified atom stereocenters. The van der Waals surface area contributed by atoms with Gasteiger partial charge >= 0.3 is 0 Å². The molecule has 1 aliphatic heterocycles. The molecule has 0 aliphatic carbocycles. The molecule has 0 spiro atoms. The van der Waals surface area contributed by atoms with Crippen LogP contribution in [0.2, 0.25) is 0 Å². The number of hydrogen-bond donors (Lipinski definition) is 2. The van der Waals surface area contributed by atoms with E-state index in [1.165, 1.54) is 0 Å². The Hall–Kier alpha value is -1.55. The molecular formula is C12H16N2O2. The average Bonchev–Trinajstić information content (AvgIpc) is 2.31. The van der Waals surface area contributed by atoms with Crippen molar-refractivity contribution in [2.24, 2.45) is 5.73 Å². The maximum Gasteiger partial charge on any atom is 0.248 e. The van der Waals surface area contributed by atoms with Crippen molar-refractivity contribution in [1.29, 1.82) is 0 Å². The molecule has 1 aliphatic rings. The van der Waals surface area contributed by atoms with Crippen molar-refractivity contribution in [3.05, 3.63) is 29.8 Å². The highest BCUT2D eigenvalue weighted by atomic mass is 16.5. The van der Waals surface area contributed by atoms with E-state index < -0.39 is 5.91 Å². The predicted molar refractivity (Wildman–Crippen MR) is 61.5 cm³/mol. The SMILES string of the molecule is NC(=O)c1ccc(OC2CCNCC2)cc1. The van der Waals surface area contributed by atoms with Gasteiger partial charge in [-0.2, -0.15) is 0 Å². The third kappa shape index (κ3) is 2.73. The van der Waals surface area contributed by atoms with Crippen LogP contribution < -0.4 is 15.8 Å². The van der Waals surface area contributed by atoms with Gasteiger partial charge < -0.3 is 15.8 Å². The summed E-state index contributed by atoms with van der Waals surface area (Å²) in [6.45, 7) is 2.01. The summed E-state index contributed by atoms with van der Waals surface area (Å²) >= 11 is 0. The van der Waals surface area contributed by atoms with Crippen molar-refractivity contribution in [1.82, 2.24) is 5.32 Å². The highest BCUT2D eigenvalue weighted by Crippen LogP contribution is 2.17. The number of amides is 1. The highest BCUT2D eigenvalue weighted by molar-refractivity contribution is 5.92. The molecule has 1 fully saturated rings. The van der Waals surface area contributed by atoms with Crippen LogP contribution in [0.1, 0.15) is 23.2 Å². The van der Waals surface area contributed by atoms with Crippen LogP contribution in [-0.4, -0.2) is 25.1 Å². The van der Waals surface area contributed by atoms with E-state index in [9.17, 15) is 4.79 Å². The van der Waals surface area contributed by atoms with Crippen molar-refractivity contribution in [3.63, 3.8) is 0 Å². The molecule has 4 heteroatoms. The van der Waals surface area contributed by atoms with Crippen LogP contribution in [0.15, 0.2) is 24.3 Å². The van der Waals surface area contributed by atoms with Gasteiger partial charge in [0.1, 0.15) is 11.9 Å². The largest absolute Gasteiger partial charge is 0.490 e. The number of carbonyl (C=O) groups excluding carboxylic acids is 1. The predicted octanol–water partition coefficient (Wildman–Crippen LogP) is 0.916. The standard InChI is InChI=1S/C12H16N2O2/c13-12(15)9-1-3-10(4-2-9)16-11-5-7-14-8-6-11/h1-4,11,14H,5-8H2,(H2,13,15). The lowest BCUT2D eigenvalue weighted by Crippen LogP contribution is -2.34. The van der Waals surface area contributed by atoms with E-state index in [-0.39, 0.29) is 6.10 Å². The smallest absolute Gasteiger partial charge is 0.248 e. The normalized spacial score (nSPS) is 17.0.